The third-order valence-electron chi connectivity index (χ3n) is 3.85. The molecule has 0 spiro atoms. The van der Waals surface area contributed by atoms with Gasteiger partial charge in [0.05, 0.1) is 12.3 Å². The number of nitrogens with one attached hydrogen (secondary N) is 1. The number of aryl methyl sites for hydroxylation is 1. The minimum Gasteiger partial charge on any atom is -0.380 e. The number of ether oxygens (including phenoxy) is 2. The van der Waals surface area contributed by atoms with Gasteiger partial charge in [-0.15, -0.1) is 0 Å². The summed E-state index contributed by atoms with van der Waals surface area (Å²) in [6.45, 7) is 2.56. The molecule has 1 aromatic rings. The zero-order chi connectivity index (χ0) is 12.4. The van der Waals surface area contributed by atoms with E-state index in [0.717, 1.165) is 38.4 Å². The predicted molar refractivity (Wildman–Crippen MR) is 67.3 cm³/mol. The number of nitrogens with zero attached hydrogens (tertiary/aromatic N) is 2. The molecule has 0 radical (unpaired) electrons. The Labute approximate surface area is 107 Å². The second kappa shape index (κ2) is 5.38. The van der Waals surface area contributed by atoms with Crippen LogP contribution in [0.2, 0.25) is 0 Å². The molecule has 0 bridgehead atoms. The maximum atomic E-state index is 5.87. The van der Waals surface area contributed by atoms with Gasteiger partial charge in [0.2, 0.25) is 0 Å². The van der Waals surface area contributed by atoms with E-state index in [1.807, 2.05) is 24.0 Å². The van der Waals surface area contributed by atoms with Gasteiger partial charge in [0.1, 0.15) is 6.10 Å². The Morgan fingerprint density at radius 3 is 3.06 bits per heavy atom. The van der Waals surface area contributed by atoms with Crippen LogP contribution in [0.3, 0.4) is 0 Å². The van der Waals surface area contributed by atoms with E-state index in [9.17, 15) is 0 Å². The van der Waals surface area contributed by atoms with Crippen LogP contribution >= 0.6 is 0 Å². The van der Waals surface area contributed by atoms with Gasteiger partial charge in [0.15, 0.2) is 0 Å². The van der Waals surface area contributed by atoms with Gasteiger partial charge >= 0.3 is 0 Å². The van der Waals surface area contributed by atoms with Crippen LogP contribution in [0.4, 0.5) is 0 Å². The topological polar surface area (TPSA) is 48.3 Å². The maximum absolute atomic E-state index is 5.87. The highest BCUT2D eigenvalue weighted by Gasteiger charge is 2.33. The molecule has 0 amide bonds. The van der Waals surface area contributed by atoms with Crippen LogP contribution in [-0.4, -0.2) is 41.7 Å². The van der Waals surface area contributed by atoms with Gasteiger partial charge in [0.25, 0.3) is 0 Å². The molecule has 0 aliphatic carbocycles. The number of hydrogen-bond acceptors (Lipinski definition) is 4. The van der Waals surface area contributed by atoms with Crippen molar-refractivity contribution in [2.75, 3.05) is 19.8 Å². The second-order valence-electron chi connectivity index (χ2n) is 5.15. The van der Waals surface area contributed by atoms with Gasteiger partial charge in [-0.1, -0.05) is 0 Å². The summed E-state index contributed by atoms with van der Waals surface area (Å²) in [5.74, 6) is 0. The lowest BCUT2D eigenvalue weighted by atomic mass is 10.0. The summed E-state index contributed by atoms with van der Waals surface area (Å²) in [5, 5.41) is 7.92. The zero-order valence-corrected chi connectivity index (χ0v) is 10.8. The van der Waals surface area contributed by atoms with E-state index in [2.05, 4.69) is 10.4 Å². The van der Waals surface area contributed by atoms with Crippen LogP contribution in [0.5, 0.6) is 0 Å². The molecule has 1 N–H and O–H groups in total. The molecule has 3 rings (SSSR count). The van der Waals surface area contributed by atoms with Crippen molar-refractivity contribution in [3.05, 3.63) is 18.0 Å². The first-order valence-electron chi connectivity index (χ1n) is 6.78. The molecule has 2 saturated heterocycles. The molecule has 1 aromatic heterocycles. The van der Waals surface area contributed by atoms with Crippen molar-refractivity contribution in [2.24, 2.45) is 7.05 Å². The van der Waals surface area contributed by atoms with Gasteiger partial charge in [-0.25, -0.2) is 0 Å². The SMILES string of the molecule is Cn1nccc1[C@H]1OCC[C@@H]1NC1CCCOC1. The van der Waals surface area contributed by atoms with Gasteiger partial charge < -0.3 is 14.8 Å². The Morgan fingerprint density at radius 1 is 1.39 bits per heavy atom. The van der Waals surface area contributed by atoms with Crippen molar-refractivity contribution in [1.82, 2.24) is 15.1 Å². The quantitative estimate of drug-likeness (QED) is 0.871. The smallest absolute Gasteiger partial charge is 0.114 e. The van der Waals surface area contributed by atoms with Crippen molar-refractivity contribution < 1.29 is 9.47 Å². The second-order valence-corrected chi connectivity index (χ2v) is 5.15. The summed E-state index contributed by atoms with van der Waals surface area (Å²) in [4.78, 5) is 0. The van der Waals surface area contributed by atoms with E-state index in [1.165, 1.54) is 6.42 Å². The lowest BCUT2D eigenvalue weighted by Gasteiger charge is -2.28. The third-order valence-corrected chi connectivity index (χ3v) is 3.85. The fraction of sp³-hybridized carbons (Fsp3) is 0.769. The van der Waals surface area contributed by atoms with Crippen LogP contribution in [0.15, 0.2) is 12.3 Å². The lowest BCUT2D eigenvalue weighted by Crippen LogP contribution is -2.44. The van der Waals surface area contributed by atoms with Crippen molar-refractivity contribution in [3.63, 3.8) is 0 Å². The number of hydrogen-bond donors (Lipinski definition) is 1. The minimum atomic E-state index is 0.124. The molecular formula is C13H21N3O2. The van der Waals surface area contributed by atoms with Gasteiger partial charge in [-0.3, -0.25) is 4.68 Å². The Bertz CT molecular complexity index is 387. The van der Waals surface area contributed by atoms with E-state index in [1.54, 1.807) is 0 Å². The van der Waals surface area contributed by atoms with Crippen LogP contribution in [-0.2, 0) is 16.5 Å². The summed E-state index contributed by atoms with van der Waals surface area (Å²) in [6.07, 6.45) is 5.37. The minimum absolute atomic E-state index is 0.124. The van der Waals surface area contributed by atoms with Gasteiger partial charge in [0, 0.05) is 38.5 Å². The third kappa shape index (κ3) is 2.43. The highest BCUT2D eigenvalue weighted by Crippen LogP contribution is 2.29. The Hall–Kier alpha value is -0.910. The monoisotopic (exact) mass is 251 g/mol. The molecule has 18 heavy (non-hydrogen) atoms. The van der Waals surface area contributed by atoms with Crippen molar-refractivity contribution in [3.8, 4) is 0 Å². The van der Waals surface area contributed by atoms with Crippen LogP contribution in [0, 0.1) is 0 Å². The standard InChI is InChI=1S/C13H21N3O2/c1-16-12(4-6-14-16)13-11(5-8-18-13)15-10-3-2-7-17-9-10/h4,6,10-11,13,15H,2-3,5,7-9H2,1H3/t10?,11-,13-/m0/s1. The Morgan fingerprint density at radius 2 is 2.33 bits per heavy atom. The van der Waals surface area contributed by atoms with Gasteiger partial charge in [-0.05, 0) is 25.3 Å². The fourth-order valence-corrected chi connectivity index (χ4v) is 2.89. The predicted octanol–water partition coefficient (Wildman–Crippen LogP) is 1.02. The first-order chi connectivity index (χ1) is 8.84. The molecule has 3 atom stereocenters. The Kier molecular flexibility index (Phi) is 3.63. The molecule has 0 saturated carbocycles. The molecule has 0 aromatic carbocycles. The number of aromatic nitrogens is 2. The average Bonchev–Trinajstić information content (AvgIpc) is 2.99. The van der Waals surface area contributed by atoms with Crippen LogP contribution < -0.4 is 5.32 Å². The van der Waals surface area contributed by atoms with Crippen molar-refractivity contribution >= 4 is 0 Å². The number of rotatable bonds is 3. The van der Waals surface area contributed by atoms with E-state index in [0.29, 0.717) is 12.1 Å². The van der Waals surface area contributed by atoms with Crippen LogP contribution in [0.1, 0.15) is 31.1 Å². The summed E-state index contributed by atoms with van der Waals surface area (Å²) >= 11 is 0. The van der Waals surface area contributed by atoms with E-state index in [-0.39, 0.29) is 6.10 Å². The fourth-order valence-electron chi connectivity index (χ4n) is 2.89. The summed E-state index contributed by atoms with van der Waals surface area (Å²) in [6, 6.07) is 2.90. The summed E-state index contributed by atoms with van der Waals surface area (Å²) in [5.41, 5.74) is 1.15. The van der Waals surface area contributed by atoms with Crippen LogP contribution in [0.25, 0.3) is 0 Å². The molecule has 2 aliphatic rings. The van der Waals surface area contributed by atoms with E-state index >= 15 is 0 Å². The highest BCUT2D eigenvalue weighted by molar-refractivity contribution is 5.09. The molecule has 3 heterocycles. The molecular weight excluding hydrogens is 230 g/mol. The molecule has 2 aliphatic heterocycles. The largest absolute Gasteiger partial charge is 0.380 e. The summed E-state index contributed by atoms with van der Waals surface area (Å²) < 4.78 is 13.3. The zero-order valence-electron chi connectivity index (χ0n) is 10.8. The lowest BCUT2D eigenvalue weighted by molar-refractivity contribution is 0.0526. The van der Waals surface area contributed by atoms with Gasteiger partial charge in [-0.2, -0.15) is 5.10 Å². The first-order valence-corrected chi connectivity index (χ1v) is 6.78. The summed E-state index contributed by atoms with van der Waals surface area (Å²) in [7, 11) is 1.97. The molecule has 2 fully saturated rings. The van der Waals surface area contributed by atoms with E-state index < -0.39 is 0 Å². The molecule has 1 unspecified atom stereocenters. The highest BCUT2D eigenvalue weighted by atomic mass is 16.5. The molecule has 5 nitrogen and oxygen atoms in total. The van der Waals surface area contributed by atoms with Crippen molar-refractivity contribution in [2.45, 2.75) is 37.5 Å². The normalized spacial score (nSPS) is 32.8. The molecule has 100 valence electrons. The van der Waals surface area contributed by atoms with Crippen molar-refractivity contribution in [1.29, 1.82) is 0 Å². The Balaban J connectivity index is 1.66. The van der Waals surface area contributed by atoms with E-state index in [4.69, 9.17) is 9.47 Å². The molecule has 5 heteroatoms. The average molecular weight is 251 g/mol. The first kappa shape index (κ1) is 12.1. The maximum Gasteiger partial charge on any atom is 0.114 e.